The number of allylic oxidation sites excluding steroid dienone is 3. The van der Waals surface area contributed by atoms with Crippen molar-refractivity contribution in [2.75, 3.05) is 46.3 Å². The van der Waals surface area contributed by atoms with Gasteiger partial charge in [-0.05, 0) is 80.8 Å². The molecular formula is C33H49ClN6O5S. The van der Waals surface area contributed by atoms with Gasteiger partial charge in [0.25, 0.3) is 0 Å². The Morgan fingerprint density at radius 3 is 2.48 bits per heavy atom. The van der Waals surface area contributed by atoms with Crippen molar-refractivity contribution >= 4 is 39.3 Å². The van der Waals surface area contributed by atoms with E-state index < -0.39 is 28.0 Å². The van der Waals surface area contributed by atoms with E-state index in [-0.39, 0.29) is 48.7 Å². The Balaban J connectivity index is 1.81. The van der Waals surface area contributed by atoms with Crippen LogP contribution in [-0.4, -0.2) is 94.3 Å². The molecule has 2 heterocycles. The van der Waals surface area contributed by atoms with Gasteiger partial charge in [0.1, 0.15) is 12.1 Å². The number of nitrogens with one attached hydrogen (secondary N) is 3. The maximum atomic E-state index is 14.1. The van der Waals surface area contributed by atoms with E-state index in [1.165, 1.54) is 4.90 Å². The Morgan fingerprint density at radius 2 is 1.85 bits per heavy atom. The molecular weight excluding hydrogens is 628 g/mol. The topological polar surface area (TPSA) is 154 Å². The second-order valence-corrected chi connectivity index (χ2v) is 14.2. The summed E-state index contributed by atoms with van der Waals surface area (Å²) in [5.41, 5.74) is 7.91. The number of rotatable bonds is 15. The number of amides is 3. The van der Waals surface area contributed by atoms with Crippen molar-refractivity contribution in [2.24, 2.45) is 11.7 Å². The molecule has 2 fully saturated rings. The van der Waals surface area contributed by atoms with Crippen molar-refractivity contribution in [2.45, 2.75) is 63.3 Å². The van der Waals surface area contributed by atoms with Crippen molar-refractivity contribution in [3.05, 3.63) is 70.8 Å². The van der Waals surface area contributed by atoms with Crippen LogP contribution in [0.25, 0.3) is 0 Å². The molecule has 5 N–H and O–H groups in total. The van der Waals surface area contributed by atoms with Gasteiger partial charge >= 0.3 is 0 Å². The SMILES string of the molecule is C=C(Cl)/C=C(CNC(=O)[C@@H]1CCCCN1C(=O)[C@@H](CC(=O)N(C)CC1CCNCC1)NS(=O)(=O)Cc1ccccc1)\C(=C/C)CN. The van der Waals surface area contributed by atoms with Gasteiger partial charge in [0, 0.05) is 38.3 Å². The monoisotopic (exact) mass is 676 g/mol. The average Bonchev–Trinajstić information content (AvgIpc) is 3.03. The van der Waals surface area contributed by atoms with Gasteiger partial charge in [-0.1, -0.05) is 54.6 Å². The number of carbonyl (C=O) groups is 3. The van der Waals surface area contributed by atoms with Crippen LogP contribution >= 0.6 is 11.6 Å². The van der Waals surface area contributed by atoms with Crippen LogP contribution in [0.5, 0.6) is 0 Å². The van der Waals surface area contributed by atoms with Gasteiger partial charge in [0.2, 0.25) is 27.7 Å². The van der Waals surface area contributed by atoms with Gasteiger partial charge in [-0.3, -0.25) is 14.4 Å². The van der Waals surface area contributed by atoms with Crippen LogP contribution in [0, 0.1) is 5.92 Å². The molecule has 0 aromatic heterocycles. The Kier molecular flexibility index (Phi) is 14.9. The van der Waals surface area contributed by atoms with Crippen LogP contribution < -0.4 is 21.1 Å². The van der Waals surface area contributed by atoms with E-state index in [0.29, 0.717) is 42.9 Å². The minimum absolute atomic E-state index is 0.118. The van der Waals surface area contributed by atoms with Gasteiger partial charge in [-0.15, -0.1) is 0 Å². The average molecular weight is 677 g/mol. The lowest BCUT2D eigenvalue weighted by Crippen LogP contribution is -2.58. The minimum Gasteiger partial charge on any atom is -0.350 e. The molecule has 0 radical (unpaired) electrons. The normalized spacial score (nSPS) is 19.0. The lowest BCUT2D eigenvalue weighted by molar-refractivity contribution is -0.145. The Bertz CT molecular complexity index is 1380. The summed E-state index contributed by atoms with van der Waals surface area (Å²) in [5.74, 6) is -1.34. The van der Waals surface area contributed by atoms with Crippen LogP contribution in [-0.2, 0) is 30.2 Å². The molecule has 2 atom stereocenters. The summed E-state index contributed by atoms with van der Waals surface area (Å²) in [4.78, 5) is 44.1. The molecule has 0 bridgehead atoms. The number of hydrogen-bond donors (Lipinski definition) is 4. The first-order valence-corrected chi connectivity index (χ1v) is 17.9. The lowest BCUT2D eigenvalue weighted by atomic mass is 9.97. The number of nitrogens with two attached hydrogens (primary N) is 1. The molecule has 0 aliphatic carbocycles. The fourth-order valence-electron chi connectivity index (χ4n) is 5.96. The molecule has 3 rings (SSSR count). The van der Waals surface area contributed by atoms with Crippen LogP contribution in [0.3, 0.4) is 0 Å². The minimum atomic E-state index is -4.03. The Labute approximate surface area is 278 Å². The third-order valence-corrected chi connectivity index (χ3v) is 9.93. The largest absolute Gasteiger partial charge is 0.350 e. The smallest absolute Gasteiger partial charge is 0.243 e. The summed E-state index contributed by atoms with van der Waals surface area (Å²) in [6.07, 6.45) is 6.75. The number of nitrogens with zero attached hydrogens (tertiary/aromatic N) is 2. The summed E-state index contributed by atoms with van der Waals surface area (Å²) in [5, 5.41) is 6.49. The van der Waals surface area contributed by atoms with Crippen molar-refractivity contribution < 1.29 is 22.8 Å². The number of likely N-dealkylation sites (tertiary alicyclic amines) is 1. The Morgan fingerprint density at radius 1 is 1.15 bits per heavy atom. The zero-order valence-electron chi connectivity index (χ0n) is 27.0. The van der Waals surface area contributed by atoms with Gasteiger partial charge in [-0.2, -0.15) is 0 Å². The highest BCUT2D eigenvalue weighted by Crippen LogP contribution is 2.21. The molecule has 0 saturated carbocycles. The summed E-state index contributed by atoms with van der Waals surface area (Å²) >= 11 is 6.02. The molecule has 1 aromatic carbocycles. The molecule has 3 amide bonds. The predicted molar refractivity (Wildman–Crippen MR) is 182 cm³/mol. The highest BCUT2D eigenvalue weighted by Gasteiger charge is 2.38. The van der Waals surface area contributed by atoms with E-state index in [4.69, 9.17) is 17.3 Å². The predicted octanol–water partition coefficient (Wildman–Crippen LogP) is 2.40. The van der Waals surface area contributed by atoms with E-state index in [0.717, 1.165) is 31.5 Å². The highest BCUT2D eigenvalue weighted by atomic mass is 35.5. The maximum absolute atomic E-state index is 14.1. The molecule has 1 aromatic rings. The summed E-state index contributed by atoms with van der Waals surface area (Å²) in [6.45, 7) is 8.44. The molecule has 0 spiro atoms. The van der Waals surface area contributed by atoms with Crippen LogP contribution in [0.4, 0.5) is 0 Å². The number of hydrogen-bond acceptors (Lipinski definition) is 7. The van der Waals surface area contributed by atoms with Crippen molar-refractivity contribution in [1.82, 2.24) is 25.2 Å². The first-order chi connectivity index (χ1) is 21.9. The highest BCUT2D eigenvalue weighted by molar-refractivity contribution is 7.88. The maximum Gasteiger partial charge on any atom is 0.243 e. The van der Waals surface area contributed by atoms with Crippen LogP contribution in [0.2, 0.25) is 0 Å². The standard InChI is InChI=1S/C33H49ClN6O5S/c1-4-27(20-35)28(18-24(2)34)21-37-32(42)30-12-8-9-17-40(30)33(43)29(38-46(44,45)23-26-10-6-5-7-11-26)19-31(41)39(3)22-25-13-15-36-16-14-25/h4-7,10-11,18,25,29-30,36,38H,2,8-9,12-17,19-23,35H2,1,3H3,(H,37,42)/b27-4-,28-18-/t29-,30+/m1/s1. The van der Waals surface area contributed by atoms with Crippen LogP contribution in [0.15, 0.2) is 65.2 Å². The van der Waals surface area contributed by atoms with Gasteiger partial charge in [-0.25, -0.2) is 13.1 Å². The lowest BCUT2D eigenvalue weighted by Gasteiger charge is -2.37. The van der Waals surface area contributed by atoms with Gasteiger partial charge in [0.05, 0.1) is 12.2 Å². The summed E-state index contributed by atoms with van der Waals surface area (Å²) < 4.78 is 29.2. The first-order valence-electron chi connectivity index (χ1n) is 15.9. The third kappa shape index (κ3) is 11.6. The van der Waals surface area contributed by atoms with Crippen molar-refractivity contribution in [3.8, 4) is 0 Å². The van der Waals surface area contributed by atoms with Crippen molar-refractivity contribution in [3.63, 3.8) is 0 Å². The van der Waals surface area contributed by atoms with E-state index in [1.807, 2.05) is 13.0 Å². The molecule has 2 saturated heterocycles. The number of benzene rings is 1. The molecule has 2 aliphatic rings. The molecule has 0 unspecified atom stereocenters. The summed E-state index contributed by atoms with van der Waals surface area (Å²) in [6, 6.07) is 6.43. The fraction of sp³-hybridized carbons (Fsp3) is 0.545. The number of carbonyl (C=O) groups excluding carboxylic acids is 3. The number of halogens is 1. The van der Waals surface area contributed by atoms with Gasteiger partial charge < -0.3 is 26.2 Å². The Hall–Kier alpha value is -3.03. The fourth-order valence-corrected chi connectivity index (χ4v) is 7.43. The van der Waals surface area contributed by atoms with E-state index in [9.17, 15) is 22.8 Å². The second kappa shape index (κ2) is 18.3. The van der Waals surface area contributed by atoms with Crippen LogP contribution in [0.1, 0.15) is 51.0 Å². The van der Waals surface area contributed by atoms with E-state index in [1.54, 1.807) is 48.4 Å². The second-order valence-electron chi connectivity index (χ2n) is 12.0. The number of piperidine rings is 2. The molecule has 11 nitrogen and oxygen atoms in total. The van der Waals surface area contributed by atoms with E-state index in [2.05, 4.69) is 21.9 Å². The zero-order valence-corrected chi connectivity index (χ0v) is 28.5. The quantitative estimate of drug-likeness (QED) is 0.208. The summed E-state index contributed by atoms with van der Waals surface area (Å²) in [7, 11) is -2.34. The van der Waals surface area contributed by atoms with Crippen molar-refractivity contribution in [1.29, 1.82) is 0 Å². The first kappa shape index (κ1) is 37.4. The molecule has 2 aliphatic heterocycles. The number of sulfonamides is 1. The molecule has 46 heavy (non-hydrogen) atoms. The van der Waals surface area contributed by atoms with Gasteiger partial charge in [0.15, 0.2) is 0 Å². The zero-order chi connectivity index (χ0) is 33.7. The molecule has 13 heteroatoms. The third-order valence-electron chi connectivity index (χ3n) is 8.47. The van der Waals surface area contributed by atoms with E-state index >= 15 is 0 Å². The molecule has 254 valence electrons.